The van der Waals surface area contributed by atoms with Crippen molar-refractivity contribution in [3.8, 4) is 11.1 Å². The van der Waals surface area contributed by atoms with E-state index in [9.17, 15) is 23.9 Å². The molecule has 2 amide bonds. The van der Waals surface area contributed by atoms with Crippen molar-refractivity contribution in [2.75, 3.05) is 5.32 Å². The first-order valence-corrected chi connectivity index (χ1v) is 15.6. The predicted molar refractivity (Wildman–Crippen MR) is 172 cm³/mol. The minimum Gasteiger partial charge on any atom is -0.481 e. The molecule has 0 radical (unpaired) electrons. The third-order valence-electron chi connectivity index (χ3n) is 7.96. The van der Waals surface area contributed by atoms with E-state index in [0.29, 0.717) is 18.5 Å². The molecule has 0 aliphatic rings. The van der Waals surface area contributed by atoms with Gasteiger partial charge >= 0.3 is 5.97 Å². The number of anilines is 1. The van der Waals surface area contributed by atoms with E-state index >= 15 is 0 Å². The number of halogens is 1. The SMILES string of the molecule is CCCC[C@@H](C[C@@H](CCCCc1ccc(-c2ccc(F)cc2)cc1)C(=O)N[C@H](C(=O)Nc1ccncc1)C(C)(C)C)C(=O)O. The van der Waals surface area contributed by atoms with Crippen LogP contribution in [0.25, 0.3) is 11.1 Å². The molecule has 1 aromatic heterocycles. The Morgan fingerprint density at radius 1 is 0.818 bits per heavy atom. The van der Waals surface area contributed by atoms with Gasteiger partial charge in [-0.3, -0.25) is 19.4 Å². The van der Waals surface area contributed by atoms with Crippen LogP contribution < -0.4 is 10.6 Å². The van der Waals surface area contributed by atoms with Gasteiger partial charge in [-0.1, -0.05) is 83.4 Å². The number of carboxylic acid groups (broad SMARTS) is 1. The molecule has 0 saturated carbocycles. The summed E-state index contributed by atoms with van der Waals surface area (Å²) in [6.07, 6.45) is 8.47. The lowest BCUT2D eigenvalue weighted by molar-refractivity contribution is -0.143. The highest BCUT2D eigenvalue weighted by atomic mass is 19.1. The van der Waals surface area contributed by atoms with Gasteiger partial charge in [-0.15, -0.1) is 0 Å². The van der Waals surface area contributed by atoms with Gasteiger partial charge in [0.25, 0.3) is 0 Å². The Kier molecular flexibility index (Phi) is 13.1. The summed E-state index contributed by atoms with van der Waals surface area (Å²) in [7, 11) is 0. The van der Waals surface area contributed by atoms with Crippen LogP contribution >= 0.6 is 0 Å². The van der Waals surface area contributed by atoms with Crippen LogP contribution in [0.15, 0.2) is 73.1 Å². The molecule has 3 rings (SSSR count). The third-order valence-corrected chi connectivity index (χ3v) is 7.96. The molecule has 0 fully saturated rings. The summed E-state index contributed by atoms with van der Waals surface area (Å²) in [5, 5.41) is 15.8. The third kappa shape index (κ3) is 10.9. The van der Waals surface area contributed by atoms with Crippen LogP contribution in [0, 0.1) is 23.1 Å². The molecule has 236 valence electrons. The maximum Gasteiger partial charge on any atom is 0.306 e. The molecule has 0 saturated heterocycles. The summed E-state index contributed by atoms with van der Waals surface area (Å²) in [6.45, 7) is 7.69. The van der Waals surface area contributed by atoms with E-state index in [1.807, 2.05) is 39.8 Å². The van der Waals surface area contributed by atoms with Gasteiger partial charge in [0.1, 0.15) is 11.9 Å². The quantitative estimate of drug-likeness (QED) is 0.146. The van der Waals surface area contributed by atoms with E-state index in [-0.39, 0.29) is 24.1 Å². The molecule has 1 heterocycles. The van der Waals surface area contributed by atoms with Gasteiger partial charge in [0, 0.05) is 24.0 Å². The number of carbonyl (C=O) groups excluding carboxylic acids is 2. The van der Waals surface area contributed by atoms with Crippen LogP contribution in [0.3, 0.4) is 0 Å². The molecule has 8 heteroatoms. The molecular formula is C36H46FN3O4. The summed E-state index contributed by atoms with van der Waals surface area (Å²) in [5.74, 6) is -2.93. The fraction of sp³-hybridized carbons (Fsp3) is 0.444. The van der Waals surface area contributed by atoms with Crippen molar-refractivity contribution in [3.63, 3.8) is 0 Å². The number of rotatable bonds is 16. The minimum absolute atomic E-state index is 0.233. The minimum atomic E-state index is -0.889. The van der Waals surface area contributed by atoms with Crippen molar-refractivity contribution in [2.45, 2.75) is 85.1 Å². The lowest BCUT2D eigenvalue weighted by Crippen LogP contribution is -2.53. The number of pyridine rings is 1. The summed E-state index contributed by atoms with van der Waals surface area (Å²) < 4.78 is 13.3. The topological polar surface area (TPSA) is 108 Å². The zero-order chi connectivity index (χ0) is 32.1. The zero-order valence-corrected chi connectivity index (χ0v) is 26.3. The largest absolute Gasteiger partial charge is 0.481 e. The Hall–Kier alpha value is -4.07. The molecule has 0 spiro atoms. The van der Waals surface area contributed by atoms with Crippen molar-refractivity contribution in [2.24, 2.45) is 17.3 Å². The van der Waals surface area contributed by atoms with E-state index < -0.39 is 29.3 Å². The fourth-order valence-electron chi connectivity index (χ4n) is 5.30. The van der Waals surface area contributed by atoms with Crippen LogP contribution in [0.1, 0.15) is 78.2 Å². The maximum atomic E-state index is 13.7. The molecule has 0 aliphatic carbocycles. The van der Waals surface area contributed by atoms with Crippen LogP contribution in [-0.2, 0) is 20.8 Å². The highest BCUT2D eigenvalue weighted by Gasteiger charge is 2.35. The fourth-order valence-corrected chi connectivity index (χ4v) is 5.30. The second-order valence-electron chi connectivity index (χ2n) is 12.6. The number of nitrogens with zero attached hydrogens (tertiary/aromatic N) is 1. The van der Waals surface area contributed by atoms with Crippen molar-refractivity contribution in [1.29, 1.82) is 0 Å². The summed E-state index contributed by atoms with van der Waals surface area (Å²) >= 11 is 0. The Balaban J connectivity index is 1.67. The molecule has 3 N–H and O–H groups in total. The number of hydrogen-bond acceptors (Lipinski definition) is 4. The first-order chi connectivity index (χ1) is 21.0. The molecule has 0 unspecified atom stereocenters. The Morgan fingerprint density at radius 2 is 1.41 bits per heavy atom. The number of aryl methyl sites for hydroxylation is 1. The average Bonchev–Trinajstić information content (AvgIpc) is 2.99. The number of amides is 2. The molecule has 0 bridgehead atoms. The van der Waals surface area contributed by atoms with Gasteiger partial charge in [0.05, 0.1) is 5.92 Å². The predicted octanol–water partition coefficient (Wildman–Crippen LogP) is 7.67. The van der Waals surface area contributed by atoms with E-state index in [1.54, 1.807) is 36.7 Å². The van der Waals surface area contributed by atoms with E-state index in [4.69, 9.17) is 0 Å². The molecule has 0 aliphatic heterocycles. The second-order valence-corrected chi connectivity index (χ2v) is 12.6. The summed E-state index contributed by atoms with van der Waals surface area (Å²) in [6, 6.07) is 17.1. The Bertz CT molecular complexity index is 1340. The van der Waals surface area contributed by atoms with Gasteiger partial charge in [-0.2, -0.15) is 0 Å². The van der Waals surface area contributed by atoms with Gasteiger partial charge in [0.15, 0.2) is 0 Å². The Labute approximate surface area is 260 Å². The smallest absolute Gasteiger partial charge is 0.306 e. The molecule has 7 nitrogen and oxygen atoms in total. The van der Waals surface area contributed by atoms with Crippen molar-refractivity contribution in [1.82, 2.24) is 10.3 Å². The van der Waals surface area contributed by atoms with E-state index in [0.717, 1.165) is 48.8 Å². The standard InChI is InChI=1S/C36H46FN3O4/c1-5-6-10-29(35(43)44)24-28(33(41)40-32(36(2,3)4)34(42)39-31-20-22-38-23-21-31)11-8-7-9-25-12-14-26(15-13-25)27-16-18-30(37)19-17-27/h12-23,28-29,32H,5-11,24H2,1-4H3,(H,40,41)(H,43,44)(H,38,39,42)/t28-,29+,32-/m1/s1. The zero-order valence-electron chi connectivity index (χ0n) is 26.3. The second kappa shape index (κ2) is 16.7. The maximum absolute atomic E-state index is 13.7. The van der Waals surface area contributed by atoms with Crippen LogP contribution in [0.4, 0.5) is 10.1 Å². The number of carboxylic acids is 1. The van der Waals surface area contributed by atoms with Gasteiger partial charge < -0.3 is 15.7 Å². The number of nitrogens with one attached hydrogen (secondary N) is 2. The number of carbonyl (C=O) groups is 3. The van der Waals surface area contributed by atoms with Crippen molar-refractivity contribution < 1.29 is 23.9 Å². The van der Waals surface area contributed by atoms with Crippen LogP contribution in [0.5, 0.6) is 0 Å². The van der Waals surface area contributed by atoms with E-state index in [2.05, 4.69) is 27.8 Å². The van der Waals surface area contributed by atoms with Crippen LogP contribution in [0.2, 0.25) is 0 Å². The molecule has 3 aromatic rings. The van der Waals surface area contributed by atoms with Crippen LogP contribution in [-0.4, -0.2) is 33.9 Å². The van der Waals surface area contributed by atoms with Crippen molar-refractivity contribution >= 4 is 23.5 Å². The molecule has 2 aromatic carbocycles. The first kappa shape index (κ1) is 34.4. The van der Waals surface area contributed by atoms with Gasteiger partial charge in [-0.25, -0.2) is 4.39 Å². The lowest BCUT2D eigenvalue weighted by Gasteiger charge is -2.32. The average molecular weight is 604 g/mol. The van der Waals surface area contributed by atoms with Gasteiger partial charge in [-0.05, 0) is 78.5 Å². The van der Waals surface area contributed by atoms with E-state index in [1.165, 1.54) is 12.1 Å². The highest BCUT2D eigenvalue weighted by molar-refractivity contribution is 5.98. The normalized spacial score (nSPS) is 13.5. The Morgan fingerprint density at radius 3 is 1.98 bits per heavy atom. The number of aromatic nitrogens is 1. The highest BCUT2D eigenvalue weighted by Crippen LogP contribution is 2.27. The van der Waals surface area contributed by atoms with Crippen molar-refractivity contribution in [3.05, 3.63) is 84.4 Å². The first-order valence-electron chi connectivity index (χ1n) is 15.6. The number of hydrogen-bond donors (Lipinski definition) is 3. The number of aliphatic carboxylic acids is 1. The summed E-state index contributed by atoms with van der Waals surface area (Å²) in [4.78, 5) is 43.1. The van der Waals surface area contributed by atoms with Gasteiger partial charge in [0.2, 0.25) is 11.8 Å². The molecule has 44 heavy (non-hydrogen) atoms. The molecule has 3 atom stereocenters. The number of benzene rings is 2. The monoisotopic (exact) mass is 603 g/mol. The lowest BCUT2D eigenvalue weighted by atomic mass is 9.83. The number of unbranched alkanes of at least 4 members (excludes halogenated alkanes) is 2. The molecular weight excluding hydrogens is 557 g/mol. The summed E-state index contributed by atoms with van der Waals surface area (Å²) in [5.41, 5.74) is 3.13.